The molecule has 0 spiro atoms. The summed E-state index contributed by atoms with van der Waals surface area (Å²) >= 11 is 0. The lowest BCUT2D eigenvalue weighted by Gasteiger charge is -2.28. The molecular formula is C14H18F3NO. The highest BCUT2D eigenvalue weighted by Crippen LogP contribution is 2.37. The molecule has 0 aliphatic rings. The first kappa shape index (κ1) is 15.5. The Morgan fingerprint density at radius 1 is 1.11 bits per heavy atom. The van der Waals surface area contributed by atoms with E-state index in [9.17, 15) is 18.0 Å². The highest BCUT2D eigenvalue weighted by Gasteiger charge is 2.40. The molecule has 1 amide bonds. The summed E-state index contributed by atoms with van der Waals surface area (Å²) in [7, 11) is 0. The summed E-state index contributed by atoms with van der Waals surface area (Å²) in [4.78, 5) is 12.1. The lowest BCUT2D eigenvalue weighted by atomic mass is 9.80. The zero-order chi connectivity index (χ0) is 14.8. The number of benzene rings is 1. The van der Waals surface area contributed by atoms with Gasteiger partial charge >= 0.3 is 6.18 Å². The summed E-state index contributed by atoms with van der Waals surface area (Å²) in [5.41, 5.74) is -2.02. The van der Waals surface area contributed by atoms with Crippen LogP contribution in [0.3, 0.4) is 0 Å². The van der Waals surface area contributed by atoms with E-state index in [1.807, 2.05) is 0 Å². The van der Waals surface area contributed by atoms with Gasteiger partial charge in [-0.25, -0.2) is 0 Å². The average molecular weight is 273 g/mol. The molecule has 106 valence electrons. The van der Waals surface area contributed by atoms with Crippen LogP contribution in [0.2, 0.25) is 0 Å². The Hall–Kier alpha value is -1.52. The third kappa shape index (κ3) is 3.49. The molecule has 0 unspecified atom stereocenters. The Morgan fingerprint density at radius 3 is 2.00 bits per heavy atom. The van der Waals surface area contributed by atoms with Gasteiger partial charge in [0.25, 0.3) is 0 Å². The van der Waals surface area contributed by atoms with Crippen LogP contribution < -0.4 is 5.32 Å². The Kier molecular flexibility index (Phi) is 4.28. The quantitative estimate of drug-likeness (QED) is 0.897. The molecule has 5 heteroatoms. The van der Waals surface area contributed by atoms with Crippen LogP contribution in [-0.4, -0.2) is 11.9 Å². The largest absolute Gasteiger partial charge is 0.416 e. The molecule has 1 aromatic carbocycles. The van der Waals surface area contributed by atoms with E-state index in [2.05, 4.69) is 5.32 Å². The van der Waals surface area contributed by atoms with Crippen molar-refractivity contribution in [2.24, 2.45) is 0 Å². The maximum Gasteiger partial charge on any atom is 0.416 e. The summed E-state index contributed by atoms with van der Waals surface area (Å²) in [5, 5.41) is 2.65. The zero-order valence-electron chi connectivity index (χ0n) is 11.4. The summed E-state index contributed by atoms with van der Waals surface area (Å²) < 4.78 is 38.9. The molecule has 0 bridgehead atoms. The first-order chi connectivity index (χ1) is 8.56. The fraction of sp³-hybridized carbons (Fsp3) is 0.500. The number of halogens is 3. The fourth-order valence-electron chi connectivity index (χ4n) is 1.84. The minimum absolute atomic E-state index is 0.0133. The van der Waals surface area contributed by atoms with Gasteiger partial charge in [-0.1, -0.05) is 18.2 Å². The van der Waals surface area contributed by atoms with Crippen molar-refractivity contribution in [1.29, 1.82) is 0 Å². The molecule has 0 saturated carbocycles. The summed E-state index contributed by atoms with van der Waals surface area (Å²) in [5.74, 6) is -0.417. The van der Waals surface area contributed by atoms with Crippen molar-refractivity contribution in [3.63, 3.8) is 0 Å². The van der Waals surface area contributed by atoms with Crippen LogP contribution in [0.5, 0.6) is 0 Å². The molecule has 0 saturated heterocycles. The Labute approximate surface area is 111 Å². The van der Waals surface area contributed by atoms with Gasteiger partial charge in [-0.05, 0) is 39.3 Å². The maximum atomic E-state index is 13.0. The van der Waals surface area contributed by atoms with E-state index < -0.39 is 23.1 Å². The van der Waals surface area contributed by atoms with Gasteiger partial charge in [-0.3, -0.25) is 4.79 Å². The third-order valence-corrected chi connectivity index (χ3v) is 2.89. The SMILES string of the molecule is CC(C)NC(=O)C(C)(C)c1ccccc1C(F)(F)F. The molecule has 19 heavy (non-hydrogen) atoms. The number of hydrogen-bond donors (Lipinski definition) is 1. The highest BCUT2D eigenvalue weighted by molar-refractivity contribution is 5.88. The molecule has 0 aliphatic carbocycles. The number of hydrogen-bond acceptors (Lipinski definition) is 1. The predicted octanol–water partition coefficient (Wildman–Crippen LogP) is 3.51. The van der Waals surface area contributed by atoms with Gasteiger partial charge in [-0.15, -0.1) is 0 Å². The predicted molar refractivity (Wildman–Crippen MR) is 67.7 cm³/mol. The maximum absolute atomic E-state index is 13.0. The normalized spacial score (nSPS) is 12.6. The summed E-state index contributed by atoms with van der Waals surface area (Å²) in [6, 6.07) is 5.06. The smallest absolute Gasteiger partial charge is 0.353 e. The van der Waals surface area contributed by atoms with E-state index in [-0.39, 0.29) is 11.6 Å². The lowest BCUT2D eigenvalue weighted by Crippen LogP contribution is -2.44. The van der Waals surface area contributed by atoms with Crippen molar-refractivity contribution in [2.45, 2.75) is 45.3 Å². The van der Waals surface area contributed by atoms with Crippen LogP contribution in [0.25, 0.3) is 0 Å². The average Bonchev–Trinajstić information content (AvgIpc) is 2.27. The molecular weight excluding hydrogens is 255 g/mol. The number of amides is 1. The van der Waals surface area contributed by atoms with E-state index >= 15 is 0 Å². The molecule has 1 rings (SSSR count). The van der Waals surface area contributed by atoms with Gasteiger partial charge in [0.05, 0.1) is 11.0 Å². The van der Waals surface area contributed by atoms with E-state index in [0.717, 1.165) is 6.07 Å². The second-order valence-electron chi connectivity index (χ2n) is 5.30. The van der Waals surface area contributed by atoms with Gasteiger partial charge in [-0.2, -0.15) is 13.2 Å². The number of carbonyl (C=O) groups is 1. The first-order valence-electron chi connectivity index (χ1n) is 6.04. The van der Waals surface area contributed by atoms with Crippen molar-refractivity contribution >= 4 is 5.91 Å². The highest BCUT2D eigenvalue weighted by atomic mass is 19.4. The number of nitrogens with one attached hydrogen (secondary N) is 1. The van der Waals surface area contributed by atoms with Crippen molar-refractivity contribution < 1.29 is 18.0 Å². The van der Waals surface area contributed by atoms with E-state index in [4.69, 9.17) is 0 Å². The van der Waals surface area contributed by atoms with Crippen molar-refractivity contribution in [2.75, 3.05) is 0 Å². The molecule has 0 heterocycles. The molecule has 0 fully saturated rings. The Balaban J connectivity index is 3.25. The van der Waals surface area contributed by atoms with Gasteiger partial charge < -0.3 is 5.32 Å². The first-order valence-corrected chi connectivity index (χ1v) is 6.04. The standard InChI is InChI=1S/C14H18F3NO/c1-9(2)18-12(19)13(3,4)10-7-5-6-8-11(10)14(15,16)17/h5-9H,1-4H3,(H,18,19). The molecule has 1 N–H and O–H groups in total. The van der Waals surface area contributed by atoms with Crippen LogP contribution in [0.15, 0.2) is 24.3 Å². The minimum Gasteiger partial charge on any atom is -0.353 e. The number of alkyl halides is 3. The molecule has 2 nitrogen and oxygen atoms in total. The third-order valence-electron chi connectivity index (χ3n) is 2.89. The molecule has 0 atom stereocenters. The Morgan fingerprint density at radius 2 is 1.58 bits per heavy atom. The molecule has 1 aromatic rings. The van der Waals surface area contributed by atoms with Crippen molar-refractivity contribution in [3.05, 3.63) is 35.4 Å². The molecule has 0 aromatic heterocycles. The van der Waals surface area contributed by atoms with Crippen LogP contribution in [0.1, 0.15) is 38.8 Å². The van der Waals surface area contributed by atoms with Crippen LogP contribution in [-0.2, 0) is 16.4 Å². The molecule has 0 aliphatic heterocycles. The van der Waals surface area contributed by atoms with Gasteiger partial charge in [0.1, 0.15) is 0 Å². The van der Waals surface area contributed by atoms with Crippen LogP contribution in [0, 0.1) is 0 Å². The van der Waals surface area contributed by atoms with Gasteiger partial charge in [0, 0.05) is 6.04 Å². The van der Waals surface area contributed by atoms with Crippen LogP contribution >= 0.6 is 0 Å². The number of carbonyl (C=O) groups excluding carboxylic acids is 1. The van der Waals surface area contributed by atoms with E-state index in [0.29, 0.717) is 0 Å². The van der Waals surface area contributed by atoms with Crippen molar-refractivity contribution in [3.8, 4) is 0 Å². The monoisotopic (exact) mass is 273 g/mol. The van der Waals surface area contributed by atoms with Crippen molar-refractivity contribution in [1.82, 2.24) is 5.32 Å². The zero-order valence-corrected chi connectivity index (χ0v) is 11.4. The van der Waals surface area contributed by atoms with E-state index in [1.54, 1.807) is 13.8 Å². The second kappa shape index (κ2) is 5.23. The minimum atomic E-state index is -4.47. The summed E-state index contributed by atoms with van der Waals surface area (Å²) in [6.07, 6.45) is -4.47. The van der Waals surface area contributed by atoms with Crippen LogP contribution in [0.4, 0.5) is 13.2 Å². The number of rotatable bonds is 3. The topological polar surface area (TPSA) is 29.1 Å². The van der Waals surface area contributed by atoms with E-state index in [1.165, 1.54) is 32.0 Å². The second-order valence-corrected chi connectivity index (χ2v) is 5.30. The fourth-order valence-corrected chi connectivity index (χ4v) is 1.84. The summed E-state index contributed by atoms with van der Waals surface area (Å²) in [6.45, 7) is 6.53. The van der Waals surface area contributed by atoms with Gasteiger partial charge in [0.2, 0.25) is 5.91 Å². The Bertz CT molecular complexity index is 464. The lowest BCUT2D eigenvalue weighted by molar-refractivity contribution is -0.139. The van der Waals surface area contributed by atoms with Gasteiger partial charge in [0.15, 0.2) is 0 Å². The molecule has 0 radical (unpaired) electrons.